The number of hydrogen-bond donors (Lipinski definition) is 0. The van der Waals surface area contributed by atoms with E-state index in [-0.39, 0.29) is 5.78 Å². The molecule has 0 spiro atoms. The van der Waals surface area contributed by atoms with Crippen LogP contribution in [0, 0.1) is 0 Å². The molecule has 21 heavy (non-hydrogen) atoms. The van der Waals surface area contributed by atoms with Crippen LogP contribution in [0.2, 0.25) is 0 Å². The minimum atomic E-state index is -0.0548. The number of rotatable bonds is 6. The topological polar surface area (TPSA) is 47.4 Å². The fraction of sp³-hybridized carbons (Fsp3) is 0.333. The maximum atomic E-state index is 12.6. The predicted molar refractivity (Wildman–Crippen MR) is 84.9 cm³/mol. The molecule has 0 bridgehead atoms. The van der Waals surface area contributed by atoms with Gasteiger partial charge in [-0.1, -0.05) is 0 Å². The first kappa shape index (κ1) is 15.7. The van der Waals surface area contributed by atoms with Gasteiger partial charge in [0.1, 0.15) is 11.4 Å². The third-order valence-corrected chi connectivity index (χ3v) is 3.70. The average Bonchev–Trinajstić information content (AvgIpc) is 2.85. The summed E-state index contributed by atoms with van der Waals surface area (Å²) in [6.07, 6.45) is 1.66. The Balaban J connectivity index is 2.27. The molecule has 2 rings (SSSR count). The molecule has 0 aliphatic rings. The van der Waals surface area contributed by atoms with Gasteiger partial charge in [-0.05, 0) is 54.3 Å². The van der Waals surface area contributed by atoms with Crippen LogP contribution in [0.3, 0.4) is 0 Å². The number of aromatic nitrogens is 2. The predicted octanol–water partition coefficient (Wildman–Crippen LogP) is 2.45. The van der Waals surface area contributed by atoms with E-state index in [1.807, 2.05) is 14.1 Å². The zero-order valence-electron chi connectivity index (χ0n) is 12.3. The van der Waals surface area contributed by atoms with E-state index >= 15 is 0 Å². The summed E-state index contributed by atoms with van der Waals surface area (Å²) in [5.41, 5.74) is 1.19. The molecule has 0 saturated carbocycles. The number of ketones is 1. The molecule has 0 N–H and O–H groups in total. The van der Waals surface area contributed by atoms with Crippen LogP contribution < -0.4 is 4.74 Å². The van der Waals surface area contributed by atoms with Crippen LogP contribution in [0.1, 0.15) is 16.1 Å². The first-order valence-electron chi connectivity index (χ1n) is 6.57. The van der Waals surface area contributed by atoms with Crippen LogP contribution in [0.25, 0.3) is 0 Å². The van der Waals surface area contributed by atoms with Crippen molar-refractivity contribution < 1.29 is 9.53 Å². The summed E-state index contributed by atoms with van der Waals surface area (Å²) in [4.78, 5) is 14.7. The van der Waals surface area contributed by atoms with Gasteiger partial charge in [0.25, 0.3) is 0 Å². The third kappa shape index (κ3) is 3.71. The molecular weight excluding hydrogens is 334 g/mol. The van der Waals surface area contributed by atoms with Crippen molar-refractivity contribution in [1.82, 2.24) is 14.7 Å². The van der Waals surface area contributed by atoms with Gasteiger partial charge in [0.2, 0.25) is 5.78 Å². The van der Waals surface area contributed by atoms with Crippen LogP contribution in [-0.4, -0.2) is 48.2 Å². The van der Waals surface area contributed by atoms with Crippen molar-refractivity contribution in [1.29, 1.82) is 0 Å². The van der Waals surface area contributed by atoms with Crippen molar-refractivity contribution in [3.05, 3.63) is 46.2 Å². The van der Waals surface area contributed by atoms with E-state index < -0.39 is 0 Å². The molecule has 112 valence electrons. The second-order valence-corrected chi connectivity index (χ2v) is 5.78. The number of carbonyl (C=O) groups is 1. The second-order valence-electron chi connectivity index (χ2n) is 4.93. The largest absolute Gasteiger partial charge is 0.497 e. The molecule has 1 aromatic carbocycles. The molecule has 0 unspecified atom stereocenters. The van der Waals surface area contributed by atoms with Gasteiger partial charge in [-0.15, -0.1) is 0 Å². The van der Waals surface area contributed by atoms with Crippen molar-refractivity contribution >= 4 is 21.7 Å². The van der Waals surface area contributed by atoms with Crippen LogP contribution >= 0.6 is 15.9 Å². The van der Waals surface area contributed by atoms with E-state index in [2.05, 4.69) is 25.9 Å². The number of methoxy groups -OCH3 is 1. The standard InChI is InChI=1S/C15H18BrN3O2/c1-18(2)8-9-19-14(13(16)10-17-19)15(20)11-4-6-12(21-3)7-5-11/h4-7,10H,8-9H2,1-3H3. The molecular formula is C15H18BrN3O2. The monoisotopic (exact) mass is 351 g/mol. The first-order valence-corrected chi connectivity index (χ1v) is 7.37. The Hall–Kier alpha value is -1.66. The molecule has 0 atom stereocenters. The van der Waals surface area contributed by atoms with Crippen molar-refractivity contribution in [2.24, 2.45) is 0 Å². The number of likely N-dealkylation sites (N-methyl/N-ethyl adjacent to an activating group) is 1. The van der Waals surface area contributed by atoms with Gasteiger partial charge in [-0.3, -0.25) is 9.48 Å². The van der Waals surface area contributed by atoms with Crippen LogP contribution in [0.5, 0.6) is 5.75 Å². The Bertz CT molecular complexity index is 620. The Kier molecular flexibility index (Phi) is 5.14. The Morgan fingerprint density at radius 2 is 2.00 bits per heavy atom. The molecule has 6 heteroatoms. The van der Waals surface area contributed by atoms with Crippen molar-refractivity contribution in [3.63, 3.8) is 0 Å². The fourth-order valence-electron chi connectivity index (χ4n) is 1.93. The Morgan fingerprint density at radius 3 is 2.57 bits per heavy atom. The molecule has 2 aromatic rings. The molecule has 0 aliphatic heterocycles. The smallest absolute Gasteiger partial charge is 0.212 e. The summed E-state index contributed by atoms with van der Waals surface area (Å²) in [7, 11) is 5.58. The number of halogens is 1. The highest BCUT2D eigenvalue weighted by atomic mass is 79.9. The SMILES string of the molecule is COc1ccc(C(=O)c2c(Br)cnn2CCN(C)C)cc1. The molecule has 0 amide bonds. The molecule has 5 nitrogen and oxygen atoms in total. The van der Waals surface area contributed by atoms with Crippen molar-refractivity contribution in [2.75, 3.05) is 27.7 Å². The van der Waals surface area contributed by atoms with Crippen molar-refractivity contribution in [3.8, 4) is 5.75 Å². The van der Waals surface area contributed by atoms with E-state index in [0.29, 0.717) is 22.3 Å². The lowest BCUT2D eigenvalue weighted by Crippen LogP contribution is -2.21. The average molecular weight is 352 g/mol. The minimum Gasteiger partial charge on any atom is -0.497 e. The zero-order chi connectivity index (χ0) is 15.4. The molecule has 1 heterocycles. The number of nitrogens with zero attached hydrogens (tertiary/aromatic N) is 3. The van der Waals surface area contributed by atoms with Crippen molar-refractivity contribution in [2.45, 2.75) is 6.54 Å². The first-order chi connectivity index (χ1) is 10.0. The summed E-state index contributed by atoms with van der Waals surface area (Å²) >= 11 is 3.41. The van der Waals surface area contributed by atoms with Crippen LogP contribution in [-0.2, 0) is 6.54 Å². The number of carbonyl (C=O) groups excluding carboxylic acids is 1. The molecule has 0 radical (unpaired) electrons. The molecule has 0 fully saturated rings. The quantitative estimate of drug-likeness (QED) is 0.750. The Labute approximate surface area is 132 Å². The van der Waals surface area contributed by atoms with Gasteiger partial charge >= 0.3 is 0 Å². The number of benzene rings is 1. The van der Waals surface area contributed by atoms with Gasteiger partial charge in [0.15, 0.2) is 0 Å². The zero-order valence-corrected chi connectivity index (χ0v) is 13.9. The summed E-state index contributed by atoms with van der Waals surface area (Å²) in [5, 5.41) is 4.27. The van der Waals surface area contributed by atoms with Gasteiger partial charge in [0, 0.05) is 12.1 Å². The second kappa shape index (κ2) is 6.87. The van der Waals surface area contributed by atoms with Crippen LogP contribution in [0.4, 0.5) is 0 Å². The maximum absolute atomic E-state index is 12.6. The van der Waals surface area contributed by atoms with E-state index in [4.69, 9.17) is 4.74 Å². The lowest BCUT2D eigenvalue weighted by Gasteiger charge is -2.12. The Morgan fingerprint density at radius 1 is 1.33 bits per heavy atom. The third-order valence-electron chi connectivity index (χ3n) is 3.12. The van der Waals surface area contributed by atoms with Gasteiger partial charge in [-0.25, -0.2) is 0 Å². The summed E-state index contributed by atoms with van der Waals surface area (Å²) in [6.45, 7) is 1.48. The molecule has 0 aliphatic carbocycles. The summed E-state index contributed by atoms with van der Waals surface area (Å²) < 4.78 is 7.55. The van der Waals surface area contributed by atoms with E-state index in [1.54, 1.807) is 42.3 Å². The van der Waals surface area contributed by atoms with E-state index in [1.165, 1.54) is 0 Å². The molecule has 1 aromatic heterocycles. The van der Waals surface area contributed by atoms with Gasteiger partial charge < -0.3 is 9.64 Å². The number of ether oxygens (including phenoxy) is 1. The highest BCUT2D eigenvalue weighted by Gasteiger charge is 2.19. The normalized spacial score (nSPS) is 10.9. The van der Waals surface area contributed by atoms with Crippen LogP contribution in [0.15, 0.2) is 34.9 Å². The van der Waals surface area contributed by atoms with E-state index in [0.717, 1.165) is 12.3 Å². The van der Waals surface area contributed by atoms with E-state index in [9.17, 15) is 4.79 Å². The molecule has 0 saturated heterocycles. The summed E-state index contributed by atoms with van der Waals surface area (Å²) in [5.74, 6) is 0.674. The minimum absolute atomic E-state index is 0.0548. The highest BCUT2D eigenvalue weighted by Crippen LogP contribution is 2.21. The summed E-state index contributed by atoms with van der Waals surface area (Å²) in [6, 6.07) is 7.08. The number of hydrogen-bond acceptors (Lipinski definition) is 4. The fourth-order valence-corrected chi connectivity index (χ4v) is 2.41. The maximum Gasteiger partial charge on any atom is 0.212 e. The van der Waals surface area contributed by atoms with Gasteiger partial charge in [-0.2, -0.15) is 5.10 Å². The lowest BCUT2D eigenvalue weighted by molar-refractivity contribution is 0.102. The highest BCUT2D eigenvalue weighted by molar-refractivity contribution is 9.10. The van der Waals surface area contributed by atoms with Gasteiger partial charge in [0.05, 0.1) is 24.3 Å². The lowest BCUT2D eigenvalue weighted by atomic mass is 10.1.